The van der Waals surface area contributed by atoms with E-state index in [1.54, 1.807) is 0 Å². The Balaban J connectivity index is 2.91. The lowest BCUT2D eigenvalue weighted by molar-refractivity contribution is -0.144. The molecule has 0 aliphatic carbocycles. The average molecular weight is 298 g/mol. The molecule has 9 nitrogen and oxygen atoms in total. The lowest BCUT2D eigenvalue weighted by Crippen LogP contribution is -2.40. The van der Waals surface area contributed by atoms with E-state index in [1.165, 1.54) is 14.2 Å². The summed E-state index contributed by atoms with van der Waals surface area (Å²) < 4.78 is 8.98. The smallest absolute Gasteiger partial charge is 0.325 e. The summed E-state index contributed by atoms with van der Waals surface area (Å²) in [6, 6.07) is 0. The molecule has 1 rings (SSSR count). The van der Waals surface area contributed by atoms with Gasteiger partial charge in [0.2, 0.25) is 5.82 Å². The Labute approximate surface area is 121 Å². The zero-order valence-electron chi connectivity index (χ0n) is 12.4. The van der Waals surface area contributed by atoms with Crippen LogP contribution in [0, 0.1) is 0 Å². The Bertz CT molecular complexity index is 507. The molecule has 21 heavy (non-hydrogen) atoms. The van der Waals surface area contributed by atoms with Crippen LogP contribution >= 0.6 is 0 Å². The van der Waals surface area contributed by atoms with Gasteiger partial charge in [-0.05, 0) is 0 Å². The van der Waals surface area contributed by atoms with E-state index >= 15 is 0 Å². The molecule has 0 unspecified atom stereocenters. The van der Waals surface area contributed by atoms with E-state index < -0.39 is 30.9 Å². The number of esters is 2. The zero-order valence-corrected chi connectivity index (χ0v) is 12.4. The maximum atomic E-state index is 12.2. The Kier molecular flexibility index (Phi) is 5.82. The summed E-state index contributed by atoms with van der Waals surface area (Å²) in [4.78, 5) is 39.9. The monoisotopic (exact) mass is 298 g/mol. The molecule has 0 aliphatic heterocycles. The molecule has 0 fully saturated rings. The Morgan fingerprint density at radius 2 is 1.67 bits per heavy atom. The van der Waals surface area contributed by atoms with Crippen molar-refractivity contribution in [3.63, 3.8) is 0 Å². The average Bonchev–Trinajstić information content (AvgIpc) is 2.95. The van der Waals surface area contributed by atoms with Crippen LogP contribution in [0.4, 0.5) is 0 Å². The van der Waals surface area contributed by atoms with Gasteiger partial charge in [0, 0.05) is 5.92 Å². The highest BCUT2D eigenvalue weighted by Crippen LogP contribution is 2.09. The second kappa shape index (κ2) is 7.36. The van der Waals surface area contributed by atoms with E-state index in [0.29, 0.717) is 5.82 Å². The molecular weight excluding hydrogens is 280 g/mol. The molecular formula is C12H18N4O5. The van der Waals surface area contributed by atoms with Crippen LogP contribution in [0.3, 0.4) is 0 Å². The van der Waals surface area contributed by atoms with Crippen LogP contribution in [0.15, 0.2) is 0 Å². The van der Waals surface area contributed by atoms with E-state index in [2.05, 4.69) is 24.7 Å². The minimum absolute atomic E-state index is 0.0636. The maximum Gasteiger partial charge on any atom is 0.325 e. The Morgan fingerprint density at radius 3 is 2.05 bits per heavy atom. The van der Waals surface area contributed by atoms with E-state index in [-0.39, 0.29) is 11.7 Å². The number of nitrogens with one attached hydrogen (secondary N) is 1. The van der Waals surface area contributed by atoms with Gasteiger partial charge in [-0.2, -0.15) is 0 Å². The highest BCUT2D eigenvalue weighted by atomic mass is 16.5. The molecule has 116 valence electrons. The van der Waals surface area contributed by atoms with Crippen LogP contribution in [0.2, 0.25) is 0 Å². The summed E-state index contributed by atoms with van der Waals surface area (Å²) >= 11 is 0. The fourth-order valence-electron chi connectivity index (χ4n) is 1.41. The largest absolute Gasteiger partial charge is 0.468 e. The molecule has 1 N–H and O–H groups in total. The number of hydrogen-bond acceptors (Lipinski definition) is 7. The van der Waals surface area contributed by atoms with Gasteiger partial charge in [0.25, 0.3) is 5.91 Å². The predicted molar refractivity (Wildman–Crippen MR) is 70.4 cm³/mol. The minimum atomic E-state index is -0.660. The topological polar surface area (TPSA) is 114 Å². The number of carbonyl (C=O) groups is 3. The second-order valence-corrected chi connectivity index (χ2v) is 4.51. The van der Waals surface area contributed by atoms with Gasteiger partial charge < -0.3 is 14.4 Å². The molecule has 0 radical (unpaired) electrons. The lowest BCUT2D eigenvalue weighted by Gasteiger charge is -2.18. The van der Waals surface area contributed by atoms with Crippen LogP contribution in [0.1, 0.15) is 36.2 Å². The molecule has 0 spiro atoms. The van der Waals surface area contributed by atoms with Gasteiger partial charge in [0.1, 0.15) is 18.9 Å². The number of carbonyl (C=O) groups excluding carboxylic acids is 3. The fourth-order valence-corrected chi connectivity index (χ4v) is 1.41. The third-order valence-corrected chi connectivity index (χ3v) is 2.62. The molecule has 1 amide bonds. The number of amides is 1. The summed E-state index contributed by atoms with van der Waals surface area (Å²) in [5.74, 6) is -1.50. The number of hydrogen-bond donors (Lipinski definition) is 1. The first-order valence-corrected chi connectivity index (χ1v) is 6.24. The quantitative estimate of drug-likeness (QED) is 0.718. The van der Waals surface area contributed by atoms with Gasteiger partial charge in [-0.1, -0.05) is 13.8 Å². The van der Waals surface area contributed by atoms with Crippen molar-refractivity contribution in [2.24, 2.45) is 0 Å². The van der Waals surface area contributed by atoms with Crippen molar-refractivity contribution in [2.45, 2.75) is 19.8 Å². The molecule has 0 bridgehead atoms. The van der Waals surface area contributed by atoms with E-state index in [4.69, 9.17) is 0 Å². The van der Waals surface area contributed by atoms with Gasteiger partial charge in [-0.3, -0.25) is 19.5 Å². The highest BCUT2D eigenvalue weighted by molar-refractivity contribution is 5.94. The van der Waals surface area contributed by atoms with Crippen molar-refractivity contribution < 1.29 is 23.9 Å². The molecule has 1 heterocycles. The predicted octanol–water partition coefficient (Wildman–Crippen LogP) is -0.284. The first-order valence-electron chi connectivity index (χ1n) is 6.24. The third-order valence-electron chi connectivity index (χ3n) is 2.62. The number of rotatable bonds is 6. The molecule has 1 aromatic heterocycles. The van der Waals surface area contributed by atoms with Crippen molar-refractivity contribution in [1.82, 2.24) is 20.1 Å². The van der Waals surface area contributed by atoms with E-state index in [0.717, 1.165) is 4.90 Å². The van der Waals surface area contributed by atoms with Crippen molar-refractivity contribution in [2.75, 3.05) is 27.3 Å². The molecule has 0 saturated carbocycles. The van der Waals surface area contributed by atoms with Crippen molar-refractivity contribution in [3.8, 4) is 0 Å². The number of nitrogens with zero attached hydrogens (tertiary/aromatic N) is 3. The summed E-state index contributed by atoms with van der Waals surface area (Å²) in [5, 5.41) is 6.43. The summed E-state index contributed by atoms with van der Waals surface area (Å²) in [5.41, 5.74) is 0. The van der Waals surface area contributed by atoms with Crippen LogP contribution in [0.25, 0.3) is 0 Å². The van der Waals surface area contributed by atoms with E-state index in [1.807, 2.05) is 13.8 Å². The number of aromatic nitrogens is 3. The Hall–Kier alpha value is -2.45. The van der Waals surface area contributed by atoms with Gasteiger partial charge in [0.15, 0.2) is 0 Å². The molecule has 0 atom stereocenters. The third kappa shape index (κ3) is 4.55. The van der Waals surface area contributed by atoms with Crippen LogP contribution in [-0.4, -0.2) is 65.2 Å². The molecule has 9 heteroatoms. The van der Waals surface area contributed by atoms with E-state index in [9.17, 15) is 14.4 Å². The maximum absolute atomic E-state index is 12.2. The molecule has 0 aliphatic rings. The van der Waals surface area contributed by atoms with Crippen LogP contribution in [0.5, 0.6) is 0 Å². The fraction of sp³-hybridized carbons (Fsp3) is 0.583. The van der Waals surface area contributed by atoms with Gasteiger partial charge in [-0.15, -0.1) is 5.10 Å². The van der Waals surface area contributed by atoms with Gasteiger partial charge in [0.05, 0.1) is 14.2 Å². The SMILES string of the molecule is COC(=O)CN(CC(=O)OC)C(=O)c1n[nH]c(C(C)C)n1. The van der Waals surface area contributed by atoms with Crippen LogP contribution in [-0.2, 0) is 19.1 Å². The summed E-state index contributed by atoms with van der Waals surface area (Å²) in [6.07, 6.45) is 0. The highest BCUT2D eigenvalue weighted by Gasteiger charge is 2.25. The van der Waals surface area contributed by atoms with Gasteiger partial charge in [-0.25, -0.2) is 4.98 Å². The number of H-pyrrole nitrogens is 1. The van der Waals surface area contributed by atoms with Gasteiger partial charge >= 0.3 is 11.9 Å². The standard InChI is InChI=1S/C12H18N4O5/c1-7(2)10-13-11(15-14-10)12(19)16(5-8(17)20-3)6-9(18)21-4/h7H,5-6H2,1-4H3,(H,13,14,15). The lowest BCUT2D eigenvalue weighted by atomic mass is 10.2. The second-order valence-electron chi connectivity index (χ2n) is 4.51. The van der Waals surface area contributed by atoms with Crippen LogP contribution < -0.4 is 0 Å². The van der Waals surface area contributed by atoms with Crippen molar-refractivity contribution in [3.05, 3.63) is 11.6 Å². The molecule has 1 aromatic rings. The number of methoxy groups -OCH3 is 2. The first-order chi connectivity index (χ1) is 9.88. The Morgan fingerprint density at radius 1 is 1.14 bits per heavy atom. The first kappa shape index (κ1) is 16.6. The minimum Gasteiger partial charge on any atom is -0.468 e. The molecule has 0 aromatic carbocycles. The molecule has 0 saturated heterocycles. The summed E-state index contributed by atoms with van der Waals surface area (Å²) in [6.45, 7) is 2.98. The van der Waals surface area contributed by atoms with Crippen molar-refractivity contribution in [1.29, 1.82) is 0 Å². The number of aromatic amines is 1. The number of ether oxygens (including phenoxy) is 2. The van der Waals surface area contributed by atoms with Crippen molar-refractivity contribution >= 4 is 17.8 Å². The normalized spacial score (nSPS) is 10.3. The zero-order chi connectivity index (χ0) is 16.0. The summed E-state index contributed by atoms with van der Waals surface area (Å²) in [7, 11) is 2.37.